The predicted molar refractivity (Wildman–Crippen MR) is 51.7 cm³/mol. The van der Waals surface area contributed by atoms with Gasteiger partial charge in [0, 0.05) is 11.4 Å². The molecule has 0 N–H and O–H groups in total. The van der Waals surface area contributed by atoms with Gasteiger partial charge in [-0.05, 0) is 28.1 Å². The predicted octanol–water partition coefficient (Wildman–Crippen LogP) is 2.93. The van der Waals surface area contributed by atoms with Gasteiger partial charge in [-0.2, -0.15) is 0 Å². The van der Waals surface area contributed by atoms with Gasteiger partial charge in [-0.25, -0.2) is 4.85 Å². The number of carbonyl (C=O) groups is 1. The summed E-state index contributed by atoms with van der Waals surface area (Å²) in [6.45, 7) is 8.08. The van der Waals surface area contributed by atoms with Crippen molar-refractivity contribution in [2.24, 2.45) is 0 Å². The van der Waals surface area contributed by atoms with E-state index in [-0.39, 0.29) is 5.97 Å². The number of esters is 1. The molecule has 0 aromatic heterocycles. The van der Waals surface area contributed by atoms with E-state index in [0.29, 0.717) is 15.9 Å². The van der Waals surface area contributed by atoms with Crippen LogP contribution in [0.4, 0.5) is 5.69 Å². The van der Waals surface area contributed by atoms with E-state index in [2.05, 4.69) is 20.8 Å². The molecular formula is C9H6BrNO2. The van der Waals surface area contributed by atoms with Gasteiger partial charge in [-0.3, -0.25) is 4.79 Å². The monoisotopic (exact) mass is 239 g/mol. The van der Waals surface area contributed by atoms with E-state index < -0.39 is 0 Å². The van der Waals surface area contributed by atoms with Gasteiger partial charge in [0.15, 0.2) is 5.69 Å². The van der Waals surface area contributed by atoms with Crippen molar-refractivity contribution >= 4 is 27.6 Å². The first-order chi connectivity index (χ1) is 6.13. The minimum absolute atomic E-state index is 0.378. The summed E-state index contributed by atoms with van der Waals surface area (Å²) in [5.74, 6) is 0.0520. The molecule has 66 valence electrons. The van der Waals surface area contributed by atoms with E-state index in [1.165, 1.54) is 6.92 Å². The Balaban J connectivity index is 3.00. The van der Waals surface area contributed by atoms with Crippen LogP contribution in [0.15, 0.2) is 22.7 Å². The van der Waals surface area contributed by atoms with Crippen LogP contribution in [0.1, 0.15) is 6.92 Å². The van der Waals surface area contributed by atoms with Crippen LogP contribution in [-0.2, 0) is 4.79 Å². The van der Waals surface area contributed by atoms with Crippen LogP contribution >= 0.6 is 15.9 Å². The summed E-state index contributed by atoms with van der Waals surface area (Å²) < 4.78 is 5.46. The lowest BCUT2D eigenvalue weighted by Gasteiger charge is -2.03. The Hall–Kier alpha value is -1.34. The Labute approximate surface area is 84.3 Å². The Bertz CT molecular complexity index is 382. The maximum atomic E-state index is 10.6. The molecule has 0 amide bonds. The zero-order valence-corrected chi connectivity index (χ0v) is 8.46. The SMILES string of the molecule is [C-]#[N+]c1ccc(OC(C)=O)c(Br)c1. The first-order valence-electron chi connectivity index (χ1n) is 3.49. The van der Waals surface area contributed by atoms with Crippen LogP contribution in [0.25, 0.3) is 4.85 Å². The number of rotatable bonds is 1. The molecule has 0 saturated carbocycles. The van der Waals surface area contributed by atoms with Crippen LogP contribution in [0, 0.1) is 6.57 Å². The van der Waals surface area contributed by atoms with Crippen LogP contribution in [0.5, 0.6) is 5.75 Å². The van der Waals surface area contributed by atoms with Crippen molar-refractivity contribution in [3.8, 4) is 5.75 Å². The van der Waals surface area contributed by atoms with Crippen molar-refractivity contribution in [2.75, 3.05) is 0 Å². The summed E-state index contributed by atoms with van der Waals surface area (Å²) in [6.07, 6.45) is 0. The fraction of sp³-hybridized carbons (Fsp3) is 0.111. The van der Waals surface area contributed by atoms with Crippen LogP contribution in [0.2, 0.25) is 0 Å². The number of hydrogen-bond donors (Lipinski definition) is 0. The molecule has 0 fully saturated rings. The van der Waals surface area contributed by atoms with Crippen molar-refractivity contribution < 1.29 is 9.53 Å². The number of carbonyl (C=O) groups excluding carboxylic acids is 1. The molecule has 0 saturated heterocycles. The third kappa shape index (κ3) is 2.56. The molecule has 0 aliphatic rings. The molecule has 1 aromatic rings. The van der Waals surface area contributed by atoms with Gasteiger partial charge in [0.05, 0.1) is 6.57 Å². The van der Waals surface area contributed by atoms with Crippen molar-refractivity contribution in [3.05, 3.63) is 34.1 Å². The molecule has 13 heavy (non-hydrogen) atoms. The second-order valence-electron chi connectivity index (χ2n) is 2.32. The van der Waals surface area contributed by atoms with Gasteiger partial charge in [0.1, 0.15) is 5.75 Å². The van der Waals surface area contributed by atoms with Crippen LogP contribution < -0.4 is 4.74 Å². The third-order valence-electron chi connectivity index (χ3n) is 1.30. The third-order valence-corrected chi connectivity index (χ3v) is 1.92. The summed E-state index contributed by atoms with van der Waals surface area (Å²) in [5.41, 5.74) is 0.503. The smallest absolute Gasteiger partial charge is 0.308 e. The summed E-state index contributed by atoms with van der Waals surface area (Å²) in [5, 5.41) is 0. The molecule has 3 nitrogen and oxygen atoms in total. The lowest BCUT2D eigenvalue weighted by atomic mass is 10.3. The minimum Gasteiger partial charge on any atom is -0.426 e. The summed E-state index contributed by atoms with van der Waals surface area (Å²) in [6, 6.07) is 4.78. The molecule has 0 radical (unpaired) electrons. The number of benzene rings is 1. The highest BCUT2D eigenvalue weighted by atomic mass is 79.9. The van der Waals surface area contributed by atoms with Gasteiger partial charge in [0.2, 0.25) is 0 Å². The zero-order valence-electron chi connectivity index (χ0n) is 6.87. The fourth-order valence-corrected chi connectivity index (χ4v) is 1.24. The van der Waals surface area contributed by atoms with Crippen molar-refractivity contribution in [1.82, 2.24) is 0 Å². The van der Waals surface area contributed by atoms with Crippen LogP contribution in [0.3, 0.4) is 0 Å². The summed E-state index contributed by atoms with van der Waals surface area (Å²) >= 11 is 3.20. The van der Waals surface area contributed by atoms with E-state index in [1.54, 1.807) is 18.2 Å². The molecule has 0 aliphatic heterocycles. The average molecular weight is 240 g/mol. The lowest BCUT2D eigenvalue weighted by Crippen LogP contribution is -2.01. The molecule has 4 heteroatoms. The highest BCUT2D eigenvalue weighted by molar-refractivity contribution is 9.10. The van der Waals surface area contributed by atoms with Gasteiger partial charge in [-0.15, -0.1) is 0 Å². The second-order valence-corrected chi connectivity index (χ2v) is 3.17. The molecule has 0 spiro atoms. The number of nitrogens with zero attached hydrogens (tertiary/aromatic N) is 1. The number of hydrogen-bond acceptors (Lipinski definition) is 2. The number of halogens is 1. The van der Waals surface area contributed by atoms with Crippen molar-refractivity contribution in [3.63, 3.8) is 0 Å². The van der Waals surface area contributed by atoms with Gasteiger partial charge < -0.3 is 4.74 Å². The molecule has 1 rings (SSSR count). The second kappa shape index (κ2) is 4.06. The lowest BCUT2D eigenvalue weighted by molar-refractivity contribution is -0.131. The molecule has 0 aliphatic carbocycles. The normalized spacial score (nSPS) is 9.00. The summed E-state index contributed by atoms with van der Waals surface area (Å²) in [7, 11) is 0. The standard InChI is InChI=1S/C9H6BrNO2/c1-6(12)13-9-4-3-7(11-2)5-8(9)10/h3-5H,1H3. The zero-order chi connectivity index (χ0) is 9.84. The van der Waals surface area contributed by atoms with E-state index >= 15 is 0 Å². The van der Waals surface area contributed by atoms with Crippen molar-refractivity contribution in [2.45, 2.75) is 6.92 Å². The highest BCUT2D eigenvalue weighted by Crippen LogP contribution is 2.29. The maximum absolute atomic E-state index is 10.6. The average Bonchev–Trinajstić information content (AvgIpc) is 2.08. The minimum atomic E-state index is -0.378. The molecule has 0 unspecified atom stereocenters. The molecule has 0 atom stereocenters. The largest absolute Gasteiger partial charge is 0.426 e. The topological polar surface area (TPSA) is 30.7 Å². The molecular weight excluding hydrogens is 234 g/mol. The maximum Gasteiger partial charge on any atom is 0.308 e. The van der Waals surface area contributed by atoms with E-state index in [1.807, 2.05) is 0 Å². The molecule has 1 aromatic carbocycles. The quantitative estimate of drug-likeness (QED) is 0.429. The van der Waals surface area contributed by atoms with Gasteiger partial charge >= 0.3 is 5.97 Å². The fourth-order valence-electron chi connectivity index (χ4n) is 0.797. The van der Waals surface area contributed by atoms with E-state index in [0.717, 1.165) is 0 Å². The van der Waals surface area contributed by atoms with E-state index in [4.69, 9.17) is 11.3 Å². The summed E-state index contributed by atoms with van der Waals surface area (Å²) in [4.78, 5) is 13.8. The Morgan fingerprint density at radius 1 is 1.62 bits per heavy atom. The first kappa shape index (κ1) is 9.75. The Morgan fingerprint density at radius 3 is 2.77 bits per heavy atom. The Morgan fingerprint density at radius 2 is 2.31 bits per heavy atom. The van der Waals surface area contributed by atoms with E-state index in [9.17, 15) is 4.79 Å². The van der Waals surface area contributed by atoms with Gasteiger partial charge in [-0.1, -0.05) is 6.07 Å². The van der Waals surface area contributed by atoms with Gasteiger partial charge in [0.25, 0.3) is 0 Å². The first-order valence-corrected chi connectivity index (χ1v) is 4.28. The van der Waals surface area contributed by atoms with Crippen molar-refractivity contribution in [1.29, 1.82) is 0 Å². The Kier molecular flexibility index (Phi) is 3.04. The molecule has 0 heterocycles. The molecule has 0 bridgehead atoms. The highest BCUT2D eigenvalue weighted by Gasteiger charge is 2.04. The number of ether oxygens (including phenoxy) is 1. The van der Waals surface area contributed by atoms with Crippen LogP contribution in [-0.4, -0.2) is 5.97 Å².